The average Bonchev–Trinajstić information content (AvgIpc) is 2.88. The molecule has 3 aliphatic rings. The second-order valence-electron chi connectivity index (χ2n) is 10.5. The van der Waals surface area contributed by atoms with E-state index in [1.807, 2.05) is 23.1 Å². The smallest absolute Gasteiger partial charge is 0.256 e. The number of para-hydroxylation sites is 1. The SMILES string of the molecule is CCCCN1CCOc2ccccc2CCCCC2(CN(C(=O)C3CCC(F)(F)CC3)CCO2)C1=O. The molecule has 1 spiro atoms. The summed E-state index contributed by atoms with van der Waals surface area (Å²) in [4.78, 5) is 30.9. The molecule has 4 rings (SSSR count). The summed E-state index contributed by atoms with van der Waals surface area (Å²) in [5, 5.41) is 0. The molecule has 1 aromatic rings. The highest BCUT2D eigenvalue weighted by Gasteiger charge is 2.48. The minimum absolute atomic E-state index is 0.0823. The van der Waals surface area contributed by atoms with Crippen LogP contribution in [0.5, 0.6) is 5.75 Å². The van der Waals surface area contributed by atoms with E-state index in [2.05, 4.69) is 13.0 Å². The Labute approximate surface area is 213 Å². The summed E-state index contributed by atoms with van der Waals surface area (Å²) in [6.45, 7) is 4.41. The van der Waals surface area contributed by atoms with Crippen molar-refractivity contribution in [1.29, 1.82) is 0 Å². The number of fused-ring (bicyclic) bond motifs is 1. The minimum Gasteiger partial charge on any atom is -0.491 e. The molecule has 1 saturated carbocycles. The Kier molecular flexibility index (Phi) is 8.86. The molecule has 1 atom stereocenters. The molecule has 2 heterocycles. The highest BCUT2D eigenvalue weighted by atomic mass is 19.3. The number of hydrogen-bond acceptors (Lipinski definition) is 4. The molecular weight excluding hydrogens is 466 g/mol. The lowest BCUT2D eigenvalue weighted by molar-refractivity contribution is -0.178. The number of ether oxygens (including phenoxy) is 2. The van der Waals surface area contributed by atoms with Crippen LogP contribution >= 0.6 is 0 Å². The fraction of sp³-hybridized carbons (Fsp3) is 0.714. The van der Waals surface area contributed by atoms with E-state index >= 15 is 0 Å². The molecule has 1 saturated heterocycles. The van der Waals surface area contributed by atoms with Gasteiger partial charge in [-0.1, -0.05) is 31.5 Å². The van der Waals surface area contributed by atoms with Gasteiger partial charge in [0.25, 0.3) is 5.91 Å². The zero-order valence-corrected chi connectivity index (χ0v) is 21.5. The average molecular weight is 507 g/mol. The van der Waals surface area contributed by atoms with Crippen molar-refractivity contribution in [2.24, 2.45) is 5.92 Å². The molecule has 0 bridgehead atoms. The van der Waals surface area contributed by atoms with E-state index in [4.69, 9.17) is 9.47 Å². The Morgan fingerprint density at radius 2 is 1.86 bits per heavy atom. The van der Waals surface area contributed by atoms with E-state index in [0.29, 0.717) is 32.7 Å². The lowest BCUT2D eigenvalue weighted by atomic mass is 9.85. The molecule has 8 heteroatoms. The maximum absolute atomic E-state index is 14.0. The molecular formula is C28H40F2N2O4. The van der Waals surface area contributed by atoms with Crippen LogP contribution in [-0.4, -0.2) is 72.5 Å². The van der Waals surface area contributed by atoms with Gasteiger partial charge in [-0.15, -0.1) is 0 Å². The number of hydrogen-bond donors (Lipinski definition) is 0. The molecule has 2 aliphatic heterocycles. The van der Waals surface area contributed by atoms with Gasteiger partial charge >= 0.3 is 0 Å². The molecule has 1 aromatic carbocycles. The van der Waals surface area contributed by atoms with Gasteiger partial charge in [-0.05, 0) is 56.6 Å². The van der Waals surface area contributed by atoms with Crippen LogP contribution in [0.2, 0.25) is 0 Å². The Morgan fingerprint density at radius 1 is 1.08 bits per heavy atom. The van der Waals surface area contributed by atoms with Crippen molar-refractivity contribution in [2.75, 3.05) is 39.4 Å². The Hall–Kier alpha value is -2.22. The molecule has 0 N–H and O–H groups in total. The van der Waals surface area contributed by atoms with Crippen LogP contribution in [0.15, 0.2) is 24.3 Å². The first-order valence-corrected chi connectivity index (χ1v) is 13.6. The molecule has 36 heavy (non-hydrogen) atoms. The molecule has 2 amide bonds. The highest BCUT2D eigenvalue weighted by Crippen LogP contribution is 2.38. The maximum Gasteiger partial charge on any atom is 0.256 e. The minimum atomic E-state index is -2.67. The van der Waals surface area contributed by atoms with Crippen molar-refractivity contribution in [3.63, 3.8) is 0 Å². The van der Waals surface area contributed by atoms with E-state index < -0.39 is 17.4 Å². The summed E-state index contributed by atoms with van der Waals surface area (Å²) < 4.78 is 39.7. The number of morpholine rings is 1. The summed E-state index contributed by atoms with van der Waals surface area (Å²) in [7, 11) is 0. The molecule has 6 nitrogen and oxygen atoms in total. The number of aryl methyl sites for hydroxylation is 1. The van der Waals surface area contributed by atoms with Crippen LogP contribution in [0, 0.1) is 5.92 Å². The summed E-state index contributed by atoms with van der Waals surface area (Å²) in [6, 6.07) is 8.05. The Balaban J connectivity index is 1.52. The van der Waals surface area contributed by atoms with Crippen molar-refractivity contribution in [1.82, 2.24) is 9.80 Å². The topological polar surface area (TPSA) is 59.1 Å². The molecule has 0 radical (unpaired) electrons. The number of benzene rings is 1. The van der Waals surface area contributed by atoms with Crippen molar-refractivity contribution in [2.45, 2.75) is 82.7 Å². The largest absolute Gasteiger partial charge is 0.491 e. The second kappa shape index (κ2) is 11.9. The van der Waals surface area contributed by atoms with Crippen molar-refractivity contribution in [3.05, 3.63) is 29.8 Å². The molecule has 1 unspecified atom stereocenters. The first kappa shape index (κ1) is 26.8. The van der Waals surface area contributed by atoms with Crippen LogP contribution in [0.25, 0.3) is 0 Å². The Bertz CT molecular complexity index is 901. The van der Waals surface area contributed by atoms with E-state index in [0.717, 1.165) is 43.4 Å². The van der Waals surface area contributed by atoms with E-state index in [1.165, 1.54) is 0 Å². The predicted octanol–water partition coefficient (Wildman–Crippen LogP) is 4.84. The zero-order valence-electron chi connectivity index (χ0n) is 21.5. The number of amides is 2. The number of halogens is 2. The molecule has 2 fully saturated rings. The van der Waals surface area contributed by atoms with Crippen LogP contribution < -0.4 is 4.74 Å². The van der Waals surface area contributed by atoms with Gasteiger partial charge in [0.1, 0.15) is 12.4 Å². The lowest BCUT2D eigenvalue weighted by Gasteiger charge is -2.45. The molecule has 0 aromatic heterocycles. The highest BCUT2D eigenvalue weighted by molar-refractivity contribution is 5.87. The number of carbonyl (C=O) groups is 2. The summed E-state index contributed by atoms with van der Waals surface area (Å²) in [6.07, 6.45) is 4.76. The van der Waals surface area contributed by atoms with Crippen LogP contribution in [0.1, 0.15) is 70.3 Å². The second-order valence-corrected chi connectivity index (χ2v) is 10.5. The summed E-state index contributed by atoms with van der Waals surface area (Å²) in [5.74, 6) is -2.39. The summed E-state index contributed by atoms with van der Waals surface area (Å²) in [5.41, 5.74) is 0.0629. The third-order valence-corrected chi connectivity index (χ3v) is 7.89. The van der Waals surface area contributed by atoms with Crippen molar-refractivity contribution < 1.29 is 27.8 Å². The first-order valence-electron chi connectivity index (χ1n) is 13.6. The van der Waals surface area contributed by atoms with Crippen LogP contribution in [0.4, 0.5) is 8.78 Å². The summed E-state index contributed by atoms with van der Waals surface area (Å²) >= 11 is 0. The van der Waals surface area contributed by atoms with E-state index in [-0.39, 0.29) is 50.6 Å². The first-order chi connectivity index (χ1) is 17.3. The number of unbranched alkanes of at least 4 members (excludes halogenated alkanes) is 1. The van der Waals surface area contributed by atoms with Gasteiger partial charge in [0.05, 0.1) is 19.7 Å². The third kappa shape index (κ3) is 6.36. The third-order valence-electron chi connectivity index (χ3n) is 7.89. The molecule has 200 valence electrons. The molecule has 1 aliphatic carbocycles. The quantitative estimate of drug-likeness (QED) is 0.586. The fourth-order valence-corrected chi connectivity index (χ4v) is 5.70. The van der Waals surface area contributed by atoms with Gasteiger partial charge in [0, 0.05) is 31.8 Å². The van der Waals surface area contributed by atoms with Crippen molar-refractivity contribution >= 4 is 11.8 Å². The fourth-order valence-electron chi connectivity index (χ4n) is 5.70. The Morgan fingerprint density at radius 3 is 2.64 bits per heavy atom. The van der Waals surface area contributed by atoms with Gasteiger partial charge in [-0.3, -0.25) is 9.59 Å². The van der Waals surface area contributed by atoms with Crippen molar-refractivity contribution in [3.8, 4) is 5.75 Å². The number of alkyl halides is 2. The van der Waals surface area contributed by atoms with Gasteiger partial charge in [0.2, 0.25) is 11.8 Å². The predicted molar refractivity (Wildman–Crippen MR) is 133 cm³/mol. The van der Waals surface area contributed by atoms with E-state index in [9.17, 15) is 18.4 Å². The number of nitrogens with zero attached hydrogens (tertiary/aromatic N) is 2. The monoisotopic (exact) mass is 506 g/mol. The standard InChI is InChI=1S/C28H40F2N2O4/c1-2-3-16-31-17-19-35-24-10-5-4-8-22(24)9-6-7-13-27(26(31)34)21-32(18-20-36-27)25(33)23-11-14-28(29,30)15-12-23/h4-5,8,10,23H,2-3,6-7,9,11-21H2,1H3. The maximum atomic E-state index is 14.0. The van der Waals surface area contributed by atoms with Crippen LogP contribution in [0.3, 0.4) is 0 Å². The van der Waals surface area contributed by atoms with E-state index in [1.54, 1.807) is 4.90 Å². The number of rotatable bonds is 4. The van der Waals surface area contributed by atoms with Crippen LogP contribution in [-0.2, 0) is 20.7 Å². The lowest BCUT2D eigenvalue weighted by Crippen LogP contribution is -2.62. The van der Waals surface area contributed by atoms with Gasteiger partial charge in [-0.25, -0.2) is 8.78 Å². The van der Waals surface area contributed by atoms with Gasteiger partial charge in [0.15, 0.2) is 5.60 Å². The zero-order chi connectivity index (χ0) is 25.6. The normalized spacial score (nSPS) is 26.0. The van der Waals surface area contributed by atoms with Gasteiger partial charge in [-0.2, -0.15) is 0 Å². The van der Waals surface area contributed by atoms with Gasteiger partial charge < -0.3 is 19.3 Å². The number of carbonyl (C=O) groups excluding carboxylic acids is 2.